The predicted octanol–water partition coefficient (Wildman–Crippen LogP) is 11.2. The second-order valence-electron chi connectivity index (χ2n) is 18.8. The summed E-state index contributed by atoms with van der Waals surface area (Å²) in [6.07, 6.45) is -0.0895. The number of nitrogens with zero attached hydrogens (tertiary/aromatic N) is 3. The summed E-state index contributed by atoms with van der Waals surface area (Å²) in [6.45, 7) is 0. The van der Waals surface area contributed by atoms with Crippen LogP contribution in [0.3, 0.4) is 0 Å². The number of esters is 1. The third-order valence-electron chi connectivity index (χ3n) is 13.8. The maximum Gasteiger partial charge on any atom is 0.359 e. The first-order valence-corrected chi connectivity index (χ1v) is 29.3. The summed E-state index contributed by atoms with van der Waals surface area (Å²) >= 11 is 2.37. The summed E-state index contributed by atoms with van der Waals surface area (Å²) < 4.78 is 37.1. The molecule has 13 nitrogen and oxygen atoms in total. The van der Waals surface area contributed by atoms with Gasteiger partial charge in [-0.2, -0.15) is 8.42 Å². The lowest BCUT2D eigenvalue weighted by Gasteiger charge is -2.49. The van der Waals surface area contributed by atoms with Crippen molar-refractivity contribution in [3.8, 4) is 0 Å². The average Bonchev–Trinajstić information content (AvgIpc) is 3.73. The Morgan fingerprint density at radius 3 is 1.46 bits per heavy atom. The molecule has 398 valence electrons. The van der Waals surface area contributed by atoms with E-state index in [-0.39, 0.29) is 22.9 Å². The highest BCUT2D eigenvalue weighted by atomic mass is 32.2. The molecule has 0 spiro atoms. The van der Waals surface area contributed by atoms with Gasteiger partial charge in [0.1, 0.15) is 22.6 Å². The number of β-lactam (4-membered cyclic amide) rings is 1. The maximum absolute atomic E-state index is 15.4. The van der Waals surface area contributed by atoms with Crippen molar-refractivity contribution in [1.29, 1.82) is 0 Å². The van der Waals surface area contributed by atoms with E-state index in [1.54, 1.807) is 53.9 Å². The zero-order valence-corrected chi connectivity index (χ0v) is 45.4. The molecular formula is C64H51N5O8S3. The lowest BCUT2D eigenvalue weighted by molar-refractivity contribution is -0.154. The Morgan fingerprint density at radius 1 is 0.625 bits per heavy atom. The van der Waals surface area contributed by atoms with Crippen molar-refractivity contribution >= 4 is 61.8 Å². The van der Waals surface area contributed by atoms with Crippen LogP contribution in [-0.4, -0.2) is 65.2 Å². The Labute approximate surface area is 471 Å². The minimum Gasteiger partial charge on any atom is -0.448 e. The van der Waals surface area contributed by atoms with Gasteiger partial charge in [0.15, 0.2) is 28.4 Å². The van der Waals surface area contributed by atoms with Crippen molar-refractivity contribution in [3.05, 3.63) is 310 Å². The van der Waals surface area contributed by atoms with Crippen molar-refractivity contribution in [1.82, 2.24) is 15.2 Å². The lowest BCUT2D eigenvalue weighted by Crippen LogP contribution is -2.71. The molecule has 2 atom stereocenters. The van der Waals surface area contributed by atoms with E-state index in [2.05, 4.69) is 47.0 Å². The van der Waals surface area contributed by atoms with E-state index in [0.717, 1.165) is 39.6 Å². The number of aromatic nitrogens is 1. The molecule has 0 bridgehead atoms. The van der Waals surface area contributed by atoms with Gasteiger partial charge < -0.3 is 24.4 Å². The molecular weight excluding hydrogens is 1060 g/mol. The quantitative estimate of drug-likeness (QED) is 0.0198. The molecule has 9 aromatic rings. The van der Waals surface area contributed by atoms with Gasteiger partial charge in [-0.3, -0.25) is 14.5 Å². The first-order chi connectivity index (χ1) is 39.0. The van der Waals surface area contributed by atoms with Crippen LogP contribution in [0.25, 0.3) is 0 Å². The topological polar surface area (TPSA) is 166 Å². The van der Waals surface area contributed by atoms with E-state index in [1.807, 2.05) is 158 Å². The van der Waals surface area contributed by atoms with Gasteiger partial charge in [0.2, 0.25) is 5.60 Å². The first kappa shape index (κ1) is 52.9. The summed E-state index contributed by atoms with van der Waals surface area (Å²) in [5, 5.41) is 12.8. The number of carbonyl (C=O) groups excluding carboxylic acids is 3. The summed E-state index contributed by atoms with van der Waals surface area (Å²) in [6, 6.07) is 75.6. The standard InChI is InChI=1S/C64H51N5O8S3/c1-80(73,74)76-53-43-78-60-55(59(71)69(60)56(53)61(72)75-57(44-26-10-2-11-27-44)45-28-12-3-13-29-45)66-58(70)54(68-77-64(49-36-20-7-21-37-49,50-38-22-8-23-39-50)51-40-24-9-25-41-51)52-42-79-62(65-52)67-63(46-30-14-4-15-31-46,47-32-16-5-17-33-47)48-34-18-6-19-35-48/h2-42,55,57,60H,43H2,1H3,(H,65,67)(H,66,70)/b68-54-/t55-,60-/m1/s1. The summed E-state index contributed by atoms with van der Waals surface area (Å²) in [7, 11) is -4.20. The Kier molecular flexibility index (Phi) is 15.3. The summed E-state index contributed by atoms with van der Waals surface area (Å²) in [5.41, 5.74) is 3.26. The number of carbonyl (C=O) groups is 3. The van der Waals surface area contributed by atoms with E-state index in [0.29, 0.717) is 32.9 Å². The van der Waals surface area contributed by atoms with Crippen molar-refractivity contribution < 1.29 is 36.6 Å². The molecule has 2 amide bonds. The SMILES string of the molecule is CS(=O)(=O)OC1=C(C(=O)OC(c2ccccc2)c2ccccc2)N2C(=O)[C@@H](NC(=O)/C(=N\OC(c3ccccc3)(c3ccccc3)c3ccccc3)c3csc(NC(c4ccccc4)(c4ccccc4)c4ccccc4)n3)[C@H]2SC1. The van der Waals surface area contributed by atoms with Crippen LogP contribution in [0.15, 0.2) is 265 Å². The number of rotatable bonds is 19. The zero-order chi connectivity index (χ0) is 55.1. The highest BCUT2D eigenvalue weighted by Crippen LogP contribution is 2.45. The smallest absolute Gasteiger partial charge is 0.359 e. The number of thioether (sulfide) groups is 1. The Balaban J connectivity index is 0.992. The zero-order valence-electron chi connectivity index (χ0n) is 42.9. The molecule has 1 aromatic heterocycles. The predicted molar refractivity (Wildman–Crippen MR) is 311 cm³/mol. The summed E-state index contributed by atoms with van der Waals surface area (Å²) in [5.74, 6) is -2.99. The first-order valence-electron chi connectivity index (χ1n) is 25.6. The fourth-order valence-electron chi connectivity index (χ4n) is 10.2. The normalized spacial score (nSPS) is 15.6. The van der Waals surface area contributed by atoms with Gasteiger partial charge in [-0.05, 0) is 27.8 Å². The number of nitrogens with one attached hydrogen (secondary N) is 2. The molecule has 16 heteroatoms. The average molecular weight is 1110 g/mol. The van der Waals surface area contributed by atoms with Gasteiger partial charge in [-0.15, -0.1) is 23.1 Å². The molecule has 0 unspecified atom stereocenters. The van der Waals surface area contributed by atoms with Crippen LogP contribution in [0.4, 0.5) is 5.13 Å². The molecule has 0 radical (unpaired) electrons. The van der Waals surface area contributed by atoms with Crippen molar-refractivity contribution in [2.24, 2.45) is 5.16 Å². The number of hydrogen-bond acceptors (Lipinski definition) is 13. The number of oxime groups is 1. The number of ether oxygens (including phenoxy) is 1. The second kappa shape index (κ2) is 23.1. The molecule has 2 aliphatic heterocycles. The van der Waals surface area contributed by atoms with Crippen LogP contribution in [0.2, 0.25) is 0 Å². The maximum atomic E-state index is 15.4. The molecule has 1 fully saturated rings. The fourth-order valence-corrected chi connectivity index (χ4v) is 12.7. The number of benzene rings is 8. The molecule has 80 heavy (non-hydrogen) atoms. The highest BCUT2D eigenvalue weighted by molar-refractivity contribution is 8.00. The van der Waals surface area contributed by atoms with E-state index < -0.39 is 62.3 Å². The van der Waals surface area contributed by atoms with Crippen LogP contribution in [0.5, 0.6) is 0 Å². The van der Waals surface area contributed by atoms with Gasteiger partial charge in [0.05, 0.1) is 12.0 Å². The molecule has 2 N–H and O–H groups in total. The number of hydrogen-bond donors (Lipinski definition) is 2. The van der Waals surface area contributed by atoms with Crippen molar-refractivity contribution in [3.63, 3.8) is 0 Å². The summed E-state index contributed by atoms with van der Waals surface area (Å²) in [4.78, 5) is 58.0. The molecule has 2 aliphatic rings. The molecule has 0 saturated carbocycles. The minimum atomic E-state index is -4.20. The van der Waals surface area contributed by atoms with Crippen LogP contribution in [0.1, 0.15) is 56.3 Å². The van der Waals surface area contributed by atoms with Gasteiger partial charge in [-0.1, -0.05) is 248 Å². The van der Waals surface area contributed by atoms with Crippen LogP contribution >= 0.6 is 23.1 Å². The van der Waals surface area contributed by atoms with Crippen LogP contribution in [-0.2, 0) is 49.4 Å². The third kappa shape index (κ3) is 10.6. The molecule has 11 rings (SSSR count). The molecule has 0 aliphatic carbocycles. The number of amides is 2. The van der Waals surface area contributed by atoms with Crippen molar-refractivity contribution in [2.45, 2.75) is 28.7 Å². The molecule has 1 saturated heterocycles. The van der Waals surface area contributed by atoms with Gasteiger partial charge in [0.25, 0.3) is 11.8 Å². The number of anilines is 1. The highest BCUT2D eigenvalue weighted by Gasteiger charge is 2.56. The molecule has 8 aromatic carbocycles. The Bertz CT molecular complexity index is 3570. The van der Waals surface area contributed by atoms with Crippen molar-refractivity contribution in [2.75, 3.05) is 17.3 Å². The van der Waals surface area contributed by atoms with E-state index in [9.17, 15) is 18.0 Å². The van der Waals surface area contributed by atoms with E-state index >= 15 is 4.79 Å². The van der Waals surface area contributed by atoms with Crippen LogP contribution in [0, 0.1) is 0 Å². The van der Waals surface area contributed by atoms with Gasteiger partial charge in [0, 0.05) is 22.1 Å². The Hall–Kier alpha value is -9.09. The van der Waals surface area contributed by atoms with Gasteiger partial charge >= 0.3 is 16.1 Å². The minimum absolute atomic E-state index is 0.127. The number of thiazole rings is 1. The van der Waals surface area contributed by atoms with Gasteiger partial charge in [-0.25, -0.2) is 9.78 Å². The van der Waals surface area contributed by atoms with E-state index in [4.69, 9.17) is 23.9 Å². The van der Waals surface area contributed by atoms with E-state index in [1.165, 1.54) is 11.3 Å². The largest absolute Gasteiger partial charge is 0.448 e. The lowest BCUT2D eigenvalue weighted by atomic mass is 9.77. The van der Waals surface area contributed by atoms with Crippen LogP contribution < -0.4 is 10.6 Å². The second-order valence-corrected chi connectivity index (χ2v) is 22.4. The molecule has 3 heterocycles. The monoisotopic (exact) mass is 1110 g/mol. The Morgan fingerprint density at radius 2 is 1.04 bits per heavy atom. The number of fused-ring (bicyclic) bond motifs is 1. The fraction of sp³-hybridized carbons (Fsp3) is 0.109. The third-order valence-corrected chi connectivity index (χ3v) is 16.3.